The number of rotatable bonds is 20. The van der Waals surface area contributed by atoms with Crippen molar-refractivity contribution in [3.05, 3.63) is 146 Å². The van der Waals surface area contributed by atoms with E-state index in [1.54, 1.807) is 11.8 Å². The molecule has 0 N–H and O–H groups in total. The number of thioether (sulfide) groups is 1. The maximum Gasteiger partial charge on any atom is 0.310 e. The molecule has 0 spiro atoms. The topological polar surface area (TPSA) is 80.3 Å². The van der Waals surface area contributed by atoms with Gasteiger partial charge in [0.2, 0.25) is 0 Å². The first-order valence-corrected chi connectivity index (χ1v) is 22.0. The van der Waals surface area contributed by atoms with E-state index >= 15 is 0 Å². The van der Waals surface area contributed by atoms with E-state index in [1.165, 1.54) is 10.5 Å². The van der Waals surface area contributed by atoms with E-state index in [9.17, 15) is 9.59 Å². The van der Waals surface area contributed by atoms with Crippen LogP contribution in [0.5, 0.6) is 0 Å². The summed E-state index contributed by atoms with van der Waals surface area (Å²) in [6.07, 6.45) is 6.84. The molecule has 308 valence electrons. The molecule has 2 aliphatic carbocycles. The summed E-state index contributed by atoms with van der Waals surface area (Å²) in [4.78, 5) is 27.1. The Balaban J connectivity index is 0.845. The molecular weight excluding hydrogens is 777 g/mol. The first-order valence-electron chi connectivity index (χ1n) is 20.1. The van der Waals surface area contributed by atoms with Crippen molar-refractivity contribution in [1.82, 2.24) is 0 Å². The molecule has 0 fully saturated rings. The highest BCUT2D eigenvalue weighted by Crippen LogP contribution is 2.45. The highest BCUT2D eigenvalue weighted by Gasteiger charge is 2.27. The molecule has 2 aliphatic rings. The summed E-state index contributed by atoms with van der Waals surface area (Å²) in [6, 6.07) is 29.7. The largest absolute Gasteiger partial charge is 0.463 e. The van der Waals surface area contributed by atoms with Crippen molar-refractivity contribution < 1.29 is 33.3 Å². The van der Waals surface area contributed by atoms with Gasteiger partial charge in [-0.15, -0.1) is 11.8 Å². The number of aryl methyl sites for hydroxylation is 2. The van der Waals surface area contributed by atoms with Gasteiger partial charge in [0.1, 0.15) is 13.2 Å². The third-order valence-corrected chi connectivity index (χ3v) is 11.7. The first-order chi connectivity index (χ1) is 28.6. The zero-order valence-electron chi connectivity index (χ0n) is 34.7. The van der Waals surface area contributed by atoms with E-state index in [2.05, 4.69) is 144 Å². The van der Waals surface area contributed by atoms with Gasteiger partial charge >= 0.3 is 11.9 Å². The maximum atomic E-state index is 12.9. The summed E-state index contributed by atoms with van der Waals surface area (Å²) < 4.78 is 27.9. The second-order valence-corrected chi connectivity index (χ2v) is 15.9. The van der Waals surface area contributed by atoms with Crippen LogP contribution in [-0.2, 0) is 39.0 Å². The van der Waals surface area contributed by atoms with Crippen LogP contribution in [0.1, 0.15) is 76.8 Å². The molecule has 0 heterocycles. The number of hydrogen-bond acceptors (Lipinski definition) is 9. The maximum absolute atomic E-state index is 12.9. The van der Waals surface area contributed by atoms with Gasteiger partial charge in [0.05, 0.1) is 52.5 Å². The Morgan fingerprint density at radius 1 is 0.542 bits per heavy atom. The van der Waals surface area contributed by atoms with Gasteiger partial charge in [0.15, 0.2) is 0 Å². The van der Waals surface area contributed by atoms with Crippen LogP contribution in [0.2, 0.25) is 0 Å². The molecule has 4 aromatic rings. The van der Waals surface area contributed by atoms with E-state index in [4.69, 9.17) is 23.7 Å². The summed E-state index contributed by atoms with van der Waals surface area (Å²) in [5.74, 6) is 0.141. The smallest absolute Gasteiger partial charge is 0.310 e. The highest BCUT2D eigenvalue weighted by molar-refractivity contribution is 7.98. The second-order valence-electron chi connectivity index (χ2n) is 14.7. The summed E-state index contributed by atoms with van der Waals surface area (Å²) >= 11 is 6.09. The van der Waals surface area contributed by atoms with Crippen LogP contribution in [0.25, 0.3) is 34.4 Å². The van der Waals surface area contributed by atoms with Gasteiger partial charge in [-0.25, -0.2) is 0 Å². The predicted octanol–water partition coefficient (Wildman–Crippen LogP) is 10.7. The molecule has 4 aromatic carbocycles. The Bertz CT molecular complexity index is 2090. The lowest BCUT2D eigenvalue weighted by Crippen LogP contribution is -2.15. The van der Waals surface area contributed by atoms with Crippen molar-refractivity contribution >= 4 is 70.8 Å². The summed E-state index contributed by atoms with van der Waals surface area (Å²) in [6.45, 7) is 10.7. The number of fused-ring (bicyclic) bond motifs is 2. The summed E-state index contributed by atoms with van der Waals surface area (Å²) in [5, 5.41) is 0. The Kier molecular flexibility index (Phi) is 16.1. The lowest BCUT2D eigenvalue weighted by Gasteiger charge is -2.10. The molecular formula is C50H54O7S2. The number of allylic oxidation sites excluding steroid dienone is 4. The fraction of sp³-hybridized carbons (Fsp3) is 0.320. The lowest BCUT2D eigenvalue weighted by atomic mass is 9.99. The number of esters is 2. The van der Waals surface area contributed by atoms with E-state index in [1.807, 2.05) is 0 Å². The average Bonchev–Trinajstić information content (AvgIpc) is 3.63. The Labute approximate surface area is 358 Å². The standard InChI is InChI=1S/C50H54O7S2/c1-33-6-16-41-43(28-37-8-10-39(32-58)11-9-37)35(3)45(47(41)26-33)30-49(51)56-24-22-54-20-18-53-19-21-55-23-25-57-50(52)31-46-36(4)44(42-17-7-34(2)27-48(42)46)29-38-12-14-40(59-5)15-13-38/h6-17,26-29,58H,18-25,30-32H2,1-5H3/b43-28-,44-29-. The van der Waals surface area contributed by atoms with Crippen LogP contribution in [0, 0.1) is 13.8 Å². The van der Waals surface area contributed by atoms with Crippen molar-refractivity contribution in [2.75, 3.05) is 59.1 Å². The van der Waals surface area contributed by atoms with E-state index in [-0.39, 0.29) is 51.2 Å². The molecule has 0 unspecified atom stereocenters. The van der Waals surface area contributed by atoms with Gasteiger partial charge in [-0.2, -0.15) is 12.6 Å². The van der Waals surface area contributed by atoms with Gasteiger partial charge in [-0.05, 0) is 131 Å². The third kappa shape index (κ3) is 11.8. The first kappa shape index (κ1) is 43.9. The van der Waals surface area contributed by atoms with Crippen molar-refractivity contribution in [2.24, 2.45) is 0 Å². The molecule has 7 nitrogen and oxygen atoms in total. The molecule has 6 rings (SSSR count). The minimum Gasteiger partial charge on any atom is -0.463 e. The molecule has 59 heavy (non-hydrogen) atoms. The minimum absolute atomic E-state index is 0.168. The van der Waals surface area contributed by atoms with Crippen LogP contribution in [0.3, 0.4) is 0 Å². The van der Waals surface area contributed by atoms with Crippen LogP contribution in [-0.4, -0.2) is 71.0 Å². The fourth-order valence-electron chi connectivity index (χ4n) is 7.36. The van der Waals surface area contributed by atoms with Gasteiger partial charge in [0, 0.05) is 10.6 Å². The van der Waals surface area contributed by atoms with Gasteiger partial charge in [-0.3, -0.25) is 9.59 Å². The van der Waals surface area contributed by atoms with Crippen LogP contribution >= 0.6 is 24.4 Å². The third-order valence-electron chi connectivity index (χ3n) is 10.6. The van der Waals surface area contributed by atoms with Crippen molar-refractivity contribution in [3.8, 4) is 0 Å². The number of benzene rings is 4. The quantitative estimate of drug-likeness (QED) is 0.0408. The van der Waals surface area contributed by atoms with E-state index < -0.39 is 0 Å². The van der Waals surface area contributed by atoms with Crippen LogP contribution < -0.4 is 0 Å². The minimum atomic E-state index is -0.282. The molecule has 0 aliphatic heterocycles. The zero-order valence-corrected chi connectivity index (χ0v) is 36.4. The van der Waals surface area contributed by atoms with Crippen molar-refractivity contribution in [2.45, 2.75) is 51.2 Å². The number of thiol groups is 1. The molecule has 0 aromatic heterocycles. The molecule has 0 amide bonds. The molecule has 0 bridgehead atoms. The van der Waals surface area contributed by atoms with E-state index in [0.29, 0.717) is 32.2 Å². The number of hydrogen-bond donors (Lipinski definition) is 1. The molecule has 9 heteroatoms. The number of ether oxygens (including phenoxy) is 5. The Morgan fingerprint density at radius 3 is 1.36 bits per heavy atom. The summed E-state index contributed by atoms with van der Waals surface area (Å²) in [7, 11) is 0. The normalized spacial score (nSPS) is 14.7. The molecule has 0 atom stereocenters. The number of carbonyl (C=O) groups is 2. The fourth-order valence-corrected chi connectivity index (χ4v) is 7.98. The Morgan fingerprint density at radius 2 is 0.949 bits per heavy atom. The van der Waals surface area contributed by atoms with Crippen molar-refractivity contribution in [3.63, 3.8) is 0 Å². The lowest BCUT2D eigenvalue weighted by molar-refractivity contribution is -0.144. The van der Waals surface area contributed by atoms with Crippen LogP contribution in [0.4, 0.5) is 0 Å². The second kappa shape index (κ2) is 21.6. The van der Waals surface area contributed by atoms with E-state index in [0.717, 1.165) is 77.9 Å². The zero-order chi connectivity index (χ0) is 41.7. The number of carbonyl (C=O) groups excluding carboxylic acids is 2. The average molecular weight is 831 g/mol. The Hall–Kier alpha value is -4.64. The molecule has 0 saturated heterocycles. The molecule has 0 radical (unpaired) electrons. The van der Waals surface area contributed by atoms with Gasteiger partial charge in [0.25, 0.3) is 0 Å². The molecule has 0 saturated carbocycles. The monoisotopic (exact) mass is 830 g/mol. The van der Waals surface area contributed by atoms with Crippen LogP contribution in [0.15, 0.2) is 101 Å². The van der Waals surface area contributed by atoms with Gasteiger partial charge < -0.3 is 23.7 Å². The van der Waals surface area contributed by atoms with Gasteiger partial charge in [-0.1, -0.05) is 83.9 Å². The predicted molar refractivity (Wildman–Crippen MR) is 244 cm³/mol. The SMILES string of the molecule is CSc1ccc(/C=C2/C(C)=C(CC(=O)OCCOCCOCCOCCOC(=O)CC3=C(C)/C(=C/c4ccc(CS)cc4)c4ccc(C)cc43)c3cc(C)ccc32)cc1. The van der Waals surface area contributed by atoms with Crippen molar-refractivity contribution in [1.29, 1.82) is 0 Å². The summed E-state index contributed by atoms with van der Waals surface area (Å²) in [5.41, 5.74) is 16.6. The highest BCUT2D eigenvalue weighted by atomic mass is 32.2.